The molecule has 0 aliphatic carbocycles. The number of alkyl halides is 1. The number of halogens is 1. The first-order valence-electron chi connectivity index (χ1n) is 6.36. The van der Waals surface area contributed by atoms with Crippen LogP contribution in [0, 0.1) is 6.92 Å². The van der Waals surface area contributed by atoms with Crippen molar-refractivity contribution in [2.24, 2.45) is 0 Å². The predicted molar refractivity (Wildman–Crippen MR) is 79.5 cm³/mol. The van der Waals surface area contributed by atoms with Gasteiger partial charge in [0.05, 0.1) is 5.88 Å². The van der Waals surface area contributed by atoms with Gasteiger partial charge in [-0.2, -0.15) is 4.31 Å². The molecule has 0 bridgehead atoms. The van der Waals surface area contributed by atoms with Crippen LogP contribution >= 0.6 is 22.9 Å². The van der Waals surface area contributed by atoms with Crippen molar-refractivity contribution >= 4 is 33.0 Å². The van der Waals surface area contributed by atoms with Gasteiger partial charge < -0.3 is 4.90 Å². The van der Waals surface area contributed by atoms with Crippen molar-refractivity contribution in [2.45, 2.75) is 23.9 Å². The zero-order valence-corrected chi connectivity index (χ0v) is 13.6. The van der Waals surface area contributed by atoms with E-state index in [0.717, 1.165) is 30.1 Å². The van der Waals surface area contributed by atoms with Gasteiger partial charge in [0.1, 0.15) is 4.21 Å². The Hall–Kier alpha value is -0.140. The van der Waals surface area contributed by atoms with Crippen molar-refractivity contribution < 1.29 is 8.42 Å². The van der Waals surface area contributed by atoms with Crippen LogP contribution in [0.3, 0.4) is 0 Å². The average Bonchev–Trinajstić information content (AvgIpc) is 2.81. The van der Waals surface area contributed by atoms with Crippen LogP contribution in [-0.2, 0) is 15.9 Å². The number of hydrogen-bond donors (Lipinski definition) is 0. The monoisotopic (exact) mass is 322 g/mol. The molecular formula is C12H19ClN2O2S2. The first-order valence-corrected chi connectivity index (χ1v) is 9.16. The van der Waals surface area contributed by atoms with E-state index < -0.39 is 10.0 Å². The molecule has 1 aliphatic heterocycles. The number of hydrogen-bond acceptors (Lipinski definition) is 4. The van der Waals surface area contributed by atoms with Crippen LogP contribution in [0.25, 0.3) is 0 Å². The maximum absolute atomic E-state index is 12.5. The van der Waals surface area contributed by atoms with Crippen molar-refractivity contribution in [1.82, 2.24) is 9.21 Å². The summed E-state index contributed by atoms with van der Waals surface area (Å²) >= 11 is 7.11. The highest BCUT2D eigenvalue weighted by atomic mass is 35.5. The van der Waals surface area contributed by atoms with Crippen molar-refractivity contribution in [2.75, 3.05) is 32.7 Å². The van der Waals surface area contributed by atoms with Crippen LogP contribution < -0.4 is 0 Å². The topological polar surface area (TPSA) is 40.6 Å². The van der Waals surface area contributed by atoms with Crippen molar-refractivity contribution in [3.63, 3.8) is 0 Å². The SMILES string of the molecule is CCN1CCN(S(=O)(=O)c2cc(C)c(CCl)s2)CC1. The molecule has 0 N–H and O–H groups in total. The third-order valence-electron chi connectivity index (χ3n) is 3.49. The molecule has 108 valence electrons. The Kier molecular flexibility index (Phi) is 4.89. The Bertz CT molecular complexity index is 534. The van der Waals surface area contributed by atoms with Gasteiger partial charge in [-0.25, -0.2) is 8.42 Å². The molecule has 0 amide bonds. The highest BCUT2D eigenvalue weighted by Crippen LogP contribution is 2.29. The van der Waals surface area contributed by atoms with E-state index in [9.17, 15) is 8.42 Å². The molecule has 1 fully saturated rings. The van der Waals surface area contributed by atoms with E-state index in [1.54, 1.807) is 10.4 Å². The molecule has 1 aliphatic rings. The Morgan fingerprint density at radius 2 is 1.95 bits per heavy atom. The van der Waals surface area contributed by atoms with Crippen LogP contribution in [-0.4, -0.2) is 50.3 Å². The fourth-order valence-corrected chi connectivity index (χ4v) is 5.55. The molecule has 2 heterocycles. The van der Waals surface area contributed by atoms with Gasteiger partial charge in [0.25, 0.3) is 10.0 Å². The summed E-state index contributed by atoms with van der Waals surface area (Å²) in [7, 11) is -3.34. The van der Waals surface area contributed by atoms with Crippen LogP contribution in [0.1, 0.15) is 17.4 Å². The molecule has 1 aromatic rings. The molecule has 0 spiro atoms. The summed E-state index contributed by atoms with van der Waals surface area (Å²) in [5.74, 6) is 0.371. The van der Waals surface area contributed by atoms with E-state index in [-0.39, 0.29) is 0 Å². The minimum absolute atomic E-state index is 0.371. The quantitative estimate of drug-likeness (QED) is 0.797. The molecule has 0 radical (unpaired) electrons. The fourth-order valence-electron chi connectivity index (χ4n) is 2.16. The maximum atomic E-state index is 12.5. The number of rotatable bonds is 4. The maximum Gasteiger partial charge on any atom is 0.252 e. The molecule has 0 unspecified atom stereocenters. The van der Waals surface area contributed by atoms with Gasteiger partial charge in [-0.1, -0.05) is 6.92 Å². The van der Waals surface area contributed by atoms with Crippen molar-refractivity contribution in [3.8, 4) is 0 Å². The summed E-state index contributed by atoms with van der Waals surface area (Å²) in [4.78, 5) is 3.20. The summed E-state index contributed by atoms with van der Waals surface area (Å²) in [5.41, 5.74) is 0.964. The lowest BCUT2D eigenvalue weighted by Gasteiger charge is -2.32. The Morgan fingerprint density at radius 3 is 2.42 bits per heavy atom. The number of piperazine rings is 1. The van der Waals surface area contributed by atoms with Gasteiger partial charge in [-0.3, -0.25) is 0 Å². The van der Waals surface area contributed by atoms with Gasteiger partial charge >= 0.3 is 0 Å². The molecular weight excluding hydrogens is 304 g/mol. The molecule has 0 atom stereocenters. The van der Waals surface area contributed by atoms with Crippen molar-refractivity contribution in [3.05, 3.63) is 16.5 Å². The summed E-state index contributed by atoms with van der Waals surface area (Å²) in [6, 6.07) is 1.74. The predicted octanol–water partition coefficient (Wildman–Crippen LogP) is 2.12. The standard InChI is InChI=1S/C12H19ClN2O2S2/c1-3-14-4-6-15(7-5-14)19(16,17)12-8-10(2)11(9-13)18-12/h8H,3-7,9H2,1-2H3. The Labute approximate surface area is 124 Å². The number of aryl methyl sites for hydroxylation is 1. The smallest absolute Gasteiger partial charge is 0.252 e. The molecule has 1 saturated heterocycles. The van der Waals surface area contributed by atoms with E-state index in [1.165, 1.54) is 11.3 Å². The largest absolute Gasteiger partial charge is 0.301 e. The van der Waals surface area contributed by atoms with Crippen LogP contribution in [0.15, 0.2) is 10.3 Å². The van der Waals surface area contributed by atoms with E-state index in [4.69, 9.17) is 11.6 Å². The lowest BCUT2D eigenvalue weighted by atomic mass is 10.3. The van der Waals surface area contributed by atoms with E-state index >= 15 is 0 Å². The molecule has 1 aromatic heterocycles. The van der Waals surface area contributed by atoms with E-state index in [1.807, 2.05) is 6.92 Å². The van der Waals surface area contributed by atoms with E-state index in [0.29, 0.717) is 23.2 Å². The zero-order chi connectivity index (χ0) is 14.0. The third-order valence-corrected chi connectivity index (χ3v) is 7.50. The lowest BCUT2D eigenvalue weighted by Crippen LogP contribution is -2.48. The summed E-state index contributed by atoms with van der Waals surface area (Å²) in [6.45, 7) is 7.74. The first kappa shape index (κ1) is 15.3. The molecule has 0 saturated carbocycles. The normalized spacial score (nSPS) is 18.9. The first-order chi connectivity index (χ1) is 8.98. The zero-order valence-electron chi connectivity index (χ0n) is 11.2. The number of thiophene rings is 1. The summed E-state index contributed by atoms with van der Waals surface area (Å²) in [6.07, 6.45) is 0. The number of sulfonamides is 1. The van der Waals surface area contributed by atoms with E-state index in [2.05, 4.69) is 11.8 Å². The second-order valence-electron chi connectivity index (χ2n) is 4.64. The minimum Gasteiger partial charge on any atom is -0.301 e. The molecule has 19 heavy (non-hydrogen) atoms. The fraction of sp³-hybridized carbons (Fsp3) is 0.667. The minimum atomic E-state index is -3.34. The van der Waals surface area contributed by atoms with Crippen LogP contribution in [0.4, 0.5) is 0 Å². The Morgan fingerprint density at radius 1 is 1.32 bits per heavy atom. The molecule has 0 aromatic carbocycles. The van der Waals surface area contributed by atoms with Gasteiger partial charge in [0.15, 0.2) is 0 Å². The highest BCUT2D eigenvalue weighted by molar-refractivity contribution is 7.91. The number of nitrogens with zero attached hydrogens (tertiary/aromatic N) is 2. The second-order valence-corrected chi connectivity index (χ2v) is 8.21. The van der Waals surface area contributed by atoms with Crippen LogP contribution in [0.2, 0.25) is 0 Å². The molecule has 7 heteroatoms. The van der Waals surface area contributed by atoms with Gasteiger partial charge in [-0.15, -0.1) is 22.9 Å². The average molecular weight is 323 g/mol. The second kappa shape index (κ2) is 6.10. The van der Waals surface area contributed by atoms with Crippen LogP contribution in [0.5, 0.6) is 0 Å². The van der Waals surface area contributed by atoms with Crippen molar-refractivity contribution in [1.29, 1.82) is 0 Å². The van der Waals surface area contributed by atoms with Gasteiger partial charge in [0.2, 0.25) is 0 Å². The lowest BCUT2D eigenvalue weighted by molar-refractivity contribution is 0.196. The highest BCUT2D eigenvalue weighted by Gasteiger charge is 2.29. The number of likely N-dealkylation sites (N-methyl/N-ethyl adjacent to an activating group) is 1. The van der Waals surface area contributed by atoms with Gasteiger partial charge in [-0.05, 0) is 25.1 Å². The Balaban J connectivity index is 2.18. The summed E-state index contributed by atoms with van der Waals surface area (Å²) in [5, 5.41) is 0. The third kappa shape index (κ3) is 3.13. The molecule has 2 rings (SSSR count). The van der Waals surface area contributed by atoms with Gasteiger partial charge in [0, 0.05) is 31.1 Å². The molecule has 4 nitrogen and oxygen atoms in total. The summed E-state index contributed by atoms with van der Waals surface area (Å²) < 4.78 is 27.1.